The van der Waals surface area contributed by atoms with Crippen molar-refractivity contribution in [1.82, 2.24) is 15.5 Å². The van der Waals surface area contributed by atoms with Crippen LogP contribution in [0.1, 0.15) is 44.6 Å². The van der Waals surface area contributed by atoms with Gasteiger partial charge >= 0.3 is 0 Å². The summed E-state index contributed by atoms with van der Waals surface area (Å²) in [6.07, 6.45) is 5.50. The Bertz CT molecular complexity index is 943. The predicted molar refractivity (Wildman–Crippen MR) is 141 cm³/mol. The van der Waals surface area contributed by atoms with Crippen LogP contribution in [0.3, 0.4) is 0 Å². The summed E-state index contributed by atoms with van der Waals surface area (Å²) in [5.41, 5.74) is 1.17. The summed E-state index contributed by atoms with van der Waals surface area (Å²) in [4.78, 5) is 19.6. The van der Waals surface area contributed by atoms with Gasteiger partial charge in [0.15, 0.2) is 5.96 Å². The number of nitrogens with zero attached hydrogens (tertiary/aromatic N) is 2. The molecule has 1 saturated carbocycles. The maximum Gasteiger partial charge on any atom is 0.225 e. The van der Waals surface area contributed by atoms with Crippen molar-refractivity contribution in [3.63, 3.8) is 0 Å². The molecule has 174 valence electrons. The molecule has 0 radical (unpaired) electrons. The van der Waals surface area contributed by atoms with Crippen LogP contribution >= 0.6 is 24.0 Å². The second-order valence-corrected chi connectivity index (χ2v) is 8.64. The predicted octanol–water partition coefficient (Wildman–Crippen LogP) is 4.31. The van der Waals surface area contributed by atoms with Crippen LogP contribution in [0.15, 0.2) is 41.4 Å². The number of aliphatic imine (C=N–C) groups is 1. The Balaban J connectivity index is 0.00000289. The van der Waals surface area contributed by atoms with E-state index in [9.17, 15) is 4.79 Å². The third kappa shape index (κ3) is 6.05. The second kappa shape index (κ2) is 11.7. The molecule has 0 bridgehead atoms. The van der Waals surface area contributed by atoms with Gasteiger partial charge in [-0.25, -0.2) is 4.99 Å². The highest BCUT2D eigenvalue weighted by atomic mass is 127. The van der Waals surface area contributed by atoms with Crippen molar-refractivity contribution >= 4 is 46.6 Å². The van der Waals surface area contributed by atoms with E-state index in [1.807, 2.05) is 12.1 Å². The van der Waals surface area contributed by atoms with E-state index in [0.717, 1.165) is 56.0 Å². The smallest absolute Gasteiger partial charge is 0.225 e. The molecule has 6 nitrogen and oxygen atoms in total. The van der Waals surface area contributed by atoms with Crippen LogP contribution in [-0.2, 0) is 11.3 Å². The van der Waals surface area contributed by atoms with Crippen LogP contribution in [0.25, 0.3) is 10.8 Å². The van der Waals surface area contributed by atoms with E-state index in [1.165, 1.54) is 23.8 Å². The molecule has 1 aliphatic heterocycles. The molecule has 2 N–H and O–H groups in total. The Morgan fingerprint density at radius 3 is 2.62 bits per heavy atom. The molecule has 0 spiro atoms. The summed E-state index contributed by atoms with van der Waals surface area (Å²) in [7, 11) is 1.69. The third-order valence-corrected chi connectivity index (χ3v) is 6.42. The number of carbonyl (C=O) groups excluding carboxylic acids is 1. The lowest BCUT2D eigenvalue weighted by molar-refractivity contribution is -0.134. The highest BCUT2D eigenvalue weighted by molar-refractivity contribution is 14.0. The normalized spacial score (nSPS) is 19.1. The van der Waals surface area contributed by atoms with Crippen LogP contribution < -0.4 is 15.4 Å². The van der Waals surface area contributed by atoms with Gasteiger partial charge in [0, 0.05) is 31.6 Å². The molecule has 2 aromatic rings. The summed E-state index contributed by atoms with van der Waals surface area (Å²) in [6.45, 7) is 5.11. The van der Waals surface area contributed by atoms with Crippen LogP contribution in [0.2, 0.25) is 0 Å². The van der Waals surface area contributed by atoms with Gasteiger partial charge in [-0.3, -0.25) is 4.79 Å². The topological polar surface area (TPSA) is 66.0 Å². The minimum Gasteiger partial charge on any atom is -0.497 e. The van der Waals surface area contributed by atoms with E-state index >= 15 is 0 Å². The highest BCUT2D eigenvalue weighted by Gasteiger charge is 2.32. The second-order valence-electron chi connectivity index (χ2n) is 8.64. The van der Waals surface area contributed by atoms with Gasteiger partial charge in [0.2, 0.25) is 5.91 Å². The maximum absolute atomic E-state index is 12.7. The first-order valence-corrected chi connectivity index (χ1v) is 11.6. The van der Waals surface area contributed by atoms with Crippen LogP contribution in [0, 0.1) is 5.92 Å². The Morgan fingerprint density at radius 1 is 1.12 bits per heavy atom. The average molecular weight is 550 g/mol. The molecule has 2 aromatic carbocycles. The zero-order valence-electron chi connectivity index (χ0n) is 19.1. The molecule has 1 saturated heterocycles. The molecular formula is C25H35IN4O2. The lowest BCUT2D eigenvalue weighted by atomic mass is 10.1. The van der Waals surface area contributed by atoms with Crippen molar-refractivity contribution in [3.8, 4) is 5.75 Å². The summed E-state index contributed by atoms with van der Waals surface area (Å²) in [5, 5.41) is 9.24. The molecule has 32 heavy (non-hydrogen) atoms. The molecule has 1 amide bonds. The standard InChI is InChI=1S/C25H34N4O2.HI/c1-3-26-25(28-22-12-13-29(17-22)24(30)19-6-4-5-7-19)27-16-18-8-9-21-15-23(31-2)11-10-20(21)14-18;/h8-11,14-15,19,22H,3-7,12-13,16-17H2,1-2H3,(H2,26,27,28);1H. The molecule has 1 atom stereocenters. The molecule has 7 heteroatoms. The lowest BCUT2D eigenvalue weighted by Crippen LogP contribution is -2.45. The first-order valence-electron chi connectivity index (χ1n) is 11.6. The fourth-order valence-corrected chi connectivity index (χ4v) is 4.69. The Morgan fingerprint density at radius 2 is 1.88 bits per heavy atom. The average Bonchev–Trinajstić information content (AvgIpc) is 3.49. The van der Waals surface area contributed by atoms with E-state index in [2.05, 4.69) is 46.7 Å². The van der Waals surface area contributed by atoms with E-state index < -0.39 is 0 Å². The van der Waals surface area contributed by atoms with Crippen molar-refractivity contribution in [2.24, 2.45) is 10.9 Å². The van der Waals surface area contributed by atoms with Crippen LogP contribution in [0.5, 0.6) is 5.75 Å². The van der Waals surface area contributed by atoms with Crippen LogP contribution in [0.4, 0.5) is 0 Å². The molecule has 2 fully saturated rings. The number of hydrogen-bond donors (Lipinski definition) is 2. The molecular weight excluding hydrogens is 515 g/mol. The van der Waals surface area contributed by atoms with Gasteiger partial charge < -0.3 is 20.3 Å². The number of hydrogen-bond acceptors (Lipinski definition) is 3. The number of nitrogens with one attached hydrogen (secondary N) is 2. The van der Waals surface area contributed by atoms with Crippen molar-refractivity contribution in [2.45, 2.75) is 51.6 Å². The summed E-state index contributed by atoms with van der Waals surface area (Å²) in [6, 6.07) is 12.8. The Hall–Kier alpha value is -2.03. The van der Waals surface area contributed by atoms with Gasteiger partial charge in [-0.15, -0.1) is 24.0 Å². The largest absolute Gasteiger partial charge is 0.497 e. The van der Waals surface area contributed by atoms with Crippen molar-refractivity contribution in [2.75, 3.05) is 26.7 Å². The van der Waals surface area contributed by atoms with E-state index in [1.54, 1.807) is 7.11 Å². The van der Waals surface area contributed by atoms with Crippen LogP contribution in [-0.4, -0.2) is 49.6 Å². The Labute approximate surface area is 208 Å². The Kier molecular flexibility index (Phi) is 9.02. The van der Waals surface area contributed by atoms with Gasteiger partial charge in [0.25, 0.3) is 0 Å². The number of ether oxygens (including phenoxy) is 1. The minimum atomic E-state index is 0. The third-order valence-electron chi connectivity index (χ3n) is 6.42. The molecule has 1 unspecified atom stereocenters. The van der Waals surface area contributed by atoms with Gasteiger partial charge in [0.05, 0.1) is 13.7 Å². The van der Waals surface area contributed by atoms with Crippen molar-refractivity contribution in [3.05, 3.63) is 42.0 Å². The van der Waals surface area contributed by atoms with E-state index in [0.29, 0.717) is 12.5 Å². The van der Waals surface area contributed by atoms with Crippen molar-refractivity contribution in [1.29, 1.82) is 0 Å². The van der Waals surface area contributed by atoms with Gasteiger partial charge in [0.1, 0.15) is 5.75 Å². The fourth-order valence-electron chi connectivity index (χ4n) is 4.69. The number of rotatable bonds is 6. The minimum absolute atomic E-state index is 0. The first-order chi connectivity index (χ1) is 15.2. The number of amides is 1. The van der Waals surface area contributed by atoms with E-state index in [-0.39, 0.29) is 35.9 Å². The molecule has 1 aliphatic carbocycles. The highest BCUT2D eigenvalue weighted by Crippen LogP contribution is 2.28. The zero-order chi connectivity index (χ0) is 21.6. The summed E-state index contributed by atoms with van der Waals surface area (Å²) < 4.78 is 5.31. The summed E-state index contributed by atoms with van der Waals surface area (Å²) in [5.74, 6) is 2.30. The molecule has 2 aliphatic rings. The molecule has 0 aromatic heterocycles. The monoisotopic (exact) mass is 550 g/mol. The van der Waals surface area contributed by atoms with Gasteiger partial charge in [-0.05, 0) is 60.7 Å². The quantitative estimate of drug-likeness (QED) is 0.320. The summed E-state index contributed by atoms with van der Waals surface area (Å²) >= 11 is 0. The van der Waals surface area contributed by atoms with Gasteiger partial charge in [-0.2, -0.15) is 0 Å². The lowest BCUT2D eigenvalue weighted by Gasteiger charge is -2.21. The number of methoxy groups -OCH3 is 1. The number of fused-ring (bicyclic) bond motifs is 1. The number of carbonyl (C=O) groups is 1. The number of benzene rings is 2. The van der Waals surface area contributed by atoms with Crippen molar-refractivity contribution < 1.29 is 9.53 Å². The SMILES string of the molecule is CCNC(=NCc1ccc2cc(OC)ccc2c1)NC1CCN(C(=O)C2CCCC2)C1.I. The number of guanidine groups is 1. The first kappa shape index (κ1) is 24.6. The number of halogens is 1. The van der Waals surface area contributed by atoms with E-state index in [4.69, 9.17) is 9.73 Å². The maximum atomic E-state index is 12.7. The molecule has 4 rings (SSSR count). The molecule has 1 heterocycles. The fraction of sp³-hybridized carbons (Fsp3) is 0.520. The zero-order valence-corrected chi connectivity index (χ0v) is 21.4. The van der Waals surface area contributed by atoms with Gasteiger partial charge in [-0.1, -0.05) is 31.0 Å². The number of likely N-dealkylation sites (tertiary alicyclic amines) is 1.